The number of carbonyl (C=O) groups is 2. The van der Waals surface area contributed by atoms with Crippen LogP contribution < -0.4 is 5.56 Å². The number of nitrogens with zero attached hydrogens (tertiary/aromatic N) is 3. The van der Waals surface area contributed by atoms with Gasteiger partial charge >= 0.3 is 11.9 Å². The number of aliphatic hydroxyl groups excluding tert-OH is 1. The number of halogens is 2. The van der Waals surface area contributed by atoms with Gasteiger partial charge in [0.25, 0.3) is 11.5 Å². The molecule has 0 bridgehead atoms. The Balaban J connectivity index is 1.81. The van der Waals surface area contributed by atoms with E-state index in [2.05, 4.69) is 0 Å². The first-order valence-corrected chi connectivity index (χ1v) is 10.8. The summed E-state index contributed by atoms with van der Waals surface area (Å²) < 4.78 is 15.9. The second-order valence-corrected chi connectivity index (χ2v) is 8.49. The lowest BCUT2D eigenvalue weighted by Gasteiger charge is -2.31. The first kappa shape index (κ1) is 22.8. The van der Waals surface area contributed by atoms with Crippen LogP contribution in [0, 0.1) is 5.82 Å². The molecule has 0 fully saturated rings. The quantitative estimate of drug-likeness (QED) is 0.575. The minimum absolute atomic E-state index is 0.0616. The molecule has 0 spiro atoms. The largest absolute Gasteiger partial charge is 0.502 e. The number of aromatic nitrogens is 1. The highest BCUT2D eigenvalue weighted by atomic mass is 35.5. The highest BCUT2D eigenvalue weighted by molar-refractivity contribution is 6.30. The van der Waals surface area contributed by atoms with Crippen molar-refractivity contribution in [2.45, 2.75) is 32.4 Å². The van der Waals surface area contributed by atoms with Gasteiger partial charge in [-0.15, -0.1) is 0 Å². The van der Waals surface area contributed by atoms with Gasteiger partial charge in [0.2, 0.25) is 6.54 Å². The van der Waals surface area contributed by atoms with Crippen molar-refractivity contribution in [2.75, 3.05) is 19.6 Å². The number of aliphatic hydroxyl groups is 1. The number of aromatic hydroxyl groups is 1. The van der Waals surface area contributed by atoms with Crippen LogP contribution in [0.2, 0.25) is 5.02 Å². The fraction of sp³-hybridized carbons (Fsp3) is 0.364. The normalized spacial score (nSPS) is 16.2. The summed E-state index contributed by atoms with van der Waals surface area (Å²) in [5.41, 5.74) is -0.116. The van der Waals surface area contributed by atoms with Crippen molar-refractivity contribution in [3.8, 4) is 5.75 Å². The topological polar surface area (TPSA) is 123 Å². The second-order valence-electron chi connectivity index (χ2n) is 8.08. The molecule has 0 saturated carbocycles. The van der Waals surface area contributed by atoms with Crippen LogP contribution in [-0.2, 0) is 24.3 Å². The van der Waals surface area contributed by atoms with Crippen molar-refractivity contribution in [2.24, 2.45) is 0 Å². The van der Waals surface area contributed by atoms with E-state index >= 15 is 0 Å². The molecule has 3 N–H and O–H groups in total. The predicted octanol–water partition coefficient (Wildman–Crippen LogP) is 1.74. The van der Waals surface area contributed by atoms with Crippen molar-refractivity contribution >= 4 is 29.4 Å². The number of hydrogen-bond acceptors (Lipinski definition) is 4. The molecular formula is C22H22ClFN3O6+. The first-order valence-electron chi connectivity index (χ1n) is 10.4. The number of carboxylic acids is 1. The summed E-state index contributed by atoms with van der Waals surface area (Å²) in [4.78, 5) is 38.9. The van der Waals surface area contributed by atoms with Gasteiger partial charge in [-0.2, -0.15) is 4.58 Å². The minimum atomic E-state index is -1.15. The summed E-state index contributed by atoms with van der Waals surface area (Å²) in [6, 6.07) is 4.08. The fourth-order valence-corrected chi connectivity index (χ4v) is 4.57. The predicted molar refractivity (Wildman–Crippen MR) is 116 cm³/mol. The van der Waals surface area contributed by atoms with E-state index in [-0.39, 0.29) is 48.9 Å². The Morgan fingerprint density at radius 1 is 1.18 bits per heavy atom. The molecule has 0 atom stereocenters. The van der Waals surface area contributed by atoms with Gasteiger partial charge in [-0.3, -0.25) is 14.2 Å². The molecule has 0 unspecified atom stereocenters. The SMILES string of the molecule is O=C(O)C[N+]1=C(O)c2c3c(c(O)c(=O)n2CCCC1)C(=O)N(Cc1ccc(F)c(Cl)c1)CC3. The number of aliphatic carboxylic acids is 1. The van der Waals surface area contributed by atoms with Gasteiger partial charge in [-0.1, -0.05) is 17.7 Å². The Morgan fingerprint density at radius 2 is 1.94 bits per heavy atom. The average molecular weight is 479 g/mol. The van der Waals surface area contributed by atoms with E-state index in [1.54, 1.807) is 0 Å². The lowest BCUT2D eigenvalue weighted by molar-refractivity contribution is -0.526. The smallest absolute Gasteiger partial charge is 0.385 e. The maximum absolute atomic E-state index is 13.5. The van der Waals surface area contributed by atoms with Gasteiger partial charge in [-0.05, 0) is 30.5 Å². The zero-order chi connectivity index (χ0) is 23.9. The number of benzene rings is 1. The summed E-state index contributed by atoms with van der Waals surface area (Å²) in [7, 11) is 0. The van der Waals surface area contributed by atoms with E-state index in [9.17, 15) is 34.1 Å². The van der Waals surface area contributed by atoms with Gasteiger partial charge < -0.3 is 20.2 Å². The summed E-state index contributed by atoms with van der Waals surface area (Å²) >= 11 is 5.83. The van der Waals surface area contributed by atoms with E-state index < -0.39 is 41.4 Å². The molecule has 4 rings (SSSR count). The summed E-state index contributed by atoms with van der Waals surface area (Å²) in [6.45, 7) is 0.301. The zero-order valence-electron chi connectivity index (χ0n) is 17.6. The average Bonchev–Trinajstić information content (AvgIpc) is 2.76. The van der Waals surface area contributed by atoms with Gasteiger partial charge in [0, 0.05) is 31.6 Å². The van der Waals surface area contributed by atoms with Crippen LogP contribution in [0.3, 0.4) is 0 Å². The molecule has 0 saturated heterocycles. The van der Waals surface area contributed by atoms with Crippen LogP contribution in [0.15, 0.2) is 23.0 Å². The van der Waals surface area contributed by atoms with Crippen molar-refractivity contribution < 1.29 is 33.9 Å². The van der Waals surface area contributed by atoms with E-state index in [1.165, 1.54) is 32.2 Å². The van der Waals surface area contributed by atoms with Crippen LogP contribution >= 0.6 is 11.6 Å². The number of carbonyl (C=O) groups excluding carboxylic acids is 1. The third-order valence-electron chi connectivity index (χ3n) is 5.93. The van der Waals surface area contributed by atoms with Crippen LogP contribution in [0.4, 0.5) is 4.39 Å². The van der Waals surface area contributed by atoms with E-state index in [1.807, 2.05) is 0 Å². The van der Waals surface area contributed by atoms with Crippen molar-refractivity contribution in [3.63, 3.8) is 0 Å². The highest BCUT2D eigenvalue weighted by Crippen LogP contribution is 2.30. The molecule has 33 heavy (non-hydrogen) atoms. The summed E-state index contributed by atoms with van der Waals surface area (Å²) in [6.07, 6.45) is 1.28. The number of carboxylic acid groups (broad SMARTS) is 1. The number of fused-ring (bicyclic) bond motifs is 3. The molecule has 2 aliphatic rings. The molecule has 0 radical (unpaired) electrons. The minimum Gasteiger partial charge on any atom is -0.502 e. The molecular weight excluding hydrogens is 457 g/mol. The molecule has 2 aliphatic heterocycles. The lowest BCUT2D eigenvalue weighted by atomic mass is 9.95. The van der Waals surface area contributed by atoms with Gasteiger partial charge in [-0.25, -0.2) is 9.18 Å². The monoisotopic (exact) mass is 478 g/mol. The van der Waals surface area contributed by atoms with E-state index in [4.69, 9.17) is 11.6 Å². The third-order valence-corrected chi connectivity index (χ3v) is 6.22. The Labute approximate surface area is 192 Å². The fourth-order valence-electron chi connectivity index (χ4n) is 4.36. The Bertz CT molecular complexity index is 1260. The number of rotatable bonds is 4. The summed E-state index contributed by atoms with van der Waals surface area (Å²) in [5, 5.41) is 30.7. The molecule has 174 valence electrons. The Morgan fingerprint density at radius 3 is 2.64 bits per heavy atom. The van der Waals surface area contributed by atoms with Crippen LogP contribution in [0.1, 0.15) is 40.0 Å². The van der Waals surface area contributed by atoms with Crippen LogP contribution in [-0.4, -0.2) is 66.8 Å². The molecule has 1 aromatic heterocycles. The first-order chi connectivity index (χ1) is 15.7. The van der Waals surface area contributed by atoms with Crippen LogP contribution in [0.25, 0.3) is 0 Å². The number of amides is 1. The van der Waals surface area contributed by atoms with Gasteiger partial charge in [0.15, 0.2) is 11.4 Å². The Kier molecular flexibility index (Phi) is 6.11. The van der Waals surface area contributed by atoms with Crippen molar-refractivity contribution in [1.29, 1.82) is 0 Å². The molecule has 11 heteroatoms. The number of hydrogen-bond donors (Lipinski definition) is 3. The summed E-state index contributed by atoms with van der Waals surface area (Å²) in [5.74, 6) is -3.47. The van der Waals surface area contributed by atoms with Gasteiger partial charge in [0.1, 0.15) is 12.4 Å². The second kappa shape index (κ2) is 8.86. The third kappa shape index (κ3) is 4.18. The van der Waals surface area contributed by atoms with E-state index in [0.29, 0.717) is 24.0 Å². The van der Waals surface area contributed by atoms with Crippen LogP contribution in [0.5, 0.6) is 5.75 Å². The molecule has 3 heterocycles. The molecule has 2 aromatic rings. The number of pyridine rings is 1. The maximum atomic E-state index is 13.5. The molecule has 1 amide bonds. The van der Waals surface area contributed by atoms with Crippen molar-refractivity contribution in [1.82, 2.24) is 9.47 Å². The van der Waals surface area contributed by atoms with Gasteiger partial charge in [0.05, 0.1) is 10.6 Å². The Hall–Kier alpha value is -3.40. The lowest BCUT2D eigenvalue weighted by Crippen LogP contribution is -2.43. The zero-order valence-corrected chi connectivity index (χ0v) is 18.3. The van der Waals surface area contributed by atoms with E-state index in [0.717, 1.165) is 0 Å². The standard InChI is InChI=1S/C22H21ClFN3O6/c23-14-9-12(3-4-15(14)24)10-26-8-5-13-17(20(26)31)19(30)22(33)27-7-2-1-6-25(11-16(28)29)21(32)18(13)27/h3-4,9H,1-2,5-8,10-11H2,(H2,28,29,30,31,32)/p+1. The molecule has 1 aromatic carbocycles. The van der Waals surface area contributed by atoms with Crippen molar-refractivity contribution in [3.05, 3.63) is 61.8 Å². The highest BCUT2D eigenvalue weighted by Gasteiger charge is 2.37. The molecule has 0 aliphatic carbocycles. The molecule has 9 nitrogen and oxygen atoms in total. The maximum Gasteiger partial charge on any atom is 0.385 e.